The van der Waals surface area contributed by atoms with Crippen LogP contribution in [0.2, 0.25) is 0 Å². The fourth-order valence-corrected chi connectivity index (χ4v) is 6.00. The van der Waals surface area contributed by atoms with E-state index < -0.39 is 34.2 Å². The van der Waals surface area contributed by atoms with Gasteiger partial charge in [-0.3, -0.25) is 19.2 Å². The average molecular weight is 757 g/mol. The number of para-hydroxylation sites is 2. The van der Waals surface area contributed by atoms with E-state index in [0.29, 0.717) is 23.0 Å². The van der Waals surface area contributed by atoms with Gasteiger partial charge in [0, 0.05) is 30.8 Å². The van der Waals surface area contributed by atoms with Gasteiger partial charge in [0.2, 0.25) is 0 Å². The largest absolute Gasteiger partial charge is 0.503 e. The zero-order valence-corrected chi connectivity index (χ0v) is 32.2. The molecule has 13 heteroatoms. The molecule has 0 unspecified atom stereocenters. The molecule has 0 radical (unpaired) electrons. The summed E-state index contributed by atoms with van der Waals surface area (Å²) in [5, 5.41) is 33.2. The Morgan fingerprint density at radius 1 is 0.643 bits per heavy atom. The molecule has 0 saturated carbocycles. The molecule has 0 aliphatic rings. The number of amides is 2. The maximum Gasteiger partial charge on any atom is 0.275 e. The Balaban J connectivity index is 0.000000215. The van der Waals surface area contributed by atoms with E-state index in [4.69, 9.17) is 4.74 Å². The molecule has 4 N–H and O–H groups in total. The number of aromatic nitrogens is 4. The lowest BCUT2D eigenvalue weighted by Crippen LogP contribution is -2.29. The molecule has 0 atom stereocenters. The lowest BCUT2D eigenvalue weighted by molar-refractivity contribution is 0.0946. The smallest absolute Gasteiger partial charge is 0.275 e. The van der Waals surface area contributed by atoms with Crippen molar-refractivity contribution in [1.29, 1.82) is 0 Å². The van der Waals surface area contributed by atoms with E-state index in [1.807, 2.05) is 99.6 Å². The van der Waals surface area contributed by atoms with Gasteiger partial charge in [-0.25, -0.2) is 9.36 Å². The third-order valence-electron chi connectivity index (χ3n) is 8.65. The molecule has 2 aromatic heterocycles. The van der Waals surface area contributed by atoms with Gasteiger partial charge < -0.3 is 25.6 Å². The molecule has 0 saturated heterocycles. The van der Waals surface area contributed by atoms with Gasteiger partial charge in [0.25, 0.3) is 22.7 Å². The average Bonchev–Trinajstić information content (AvgIpc) is 3.20. The van der Waals surface area contributed by atoms with Gasteiger partial charge in [-0.05, 0) is 62.1 Å². The summed E-state index contributed by atoms with van der Waals surface area (Å²) in [6.07, 6.45) is 2.41. The Bertz CT molecular complexity index is 2520. The lowest BCUT2D eigenvalue weighted by Gasteiger charge is -2.18. The monoisotopic (exact) mass is 756 g/mol. The maximum absolute atomic E-state index is 12.1. The molecule has 0 fully saturated rings. The molecule has 288 valence electrons. The molecule has 56 heavy (non-hydrogen) atoms. The number of nitrogens with one attached hydrogen (secondary N) is 2. The Morgan fingerprint density at radius 2 is 1.09 bits per heavy atom. The summed E-state index contributed by atoms with van der Waals surface area (Å²) in [6, 6.07) is 28.8. The Hall–Kier alpha value is -7.02. The topological polar surface area (TPSA) is 178 Å². The molecule has 0 aliphatic carbocycles. The predicted octanol–water partition coefficient (Wildman–Crippen LogP) is 6.15. The summed E-state index contributed by atoms with van der Waals surface area (Å²) in [5.74, 6) is -1.39. The quantitative estimate of drug-likeness (QED) is 0.135. The van der Waals surface area contributed by atoms with E-state index in [2.05, 4.69) is 40.7 Å². The third kappa shape index (κ3) is 8.68. The molecule has 0 bridgehead atoms. The van der Waals surface area contributed by atoms with Crippen LogP contribution in [0.1, 0.15) is 65.7 Å². The highest BCUT2D eigenvalue weighted by Gasteiger charge is 2.20. The standard InChI is InChI=1S/C22H23N3O4.C21H21N3O3/c1-13(2)29-19-10-9-14(3)11-16(19)15-7-5-6-8-17(15)25-12-18(26)21(27)20(24-25)22(28)23-4;1-13(2)14-8-4-5-9-15(14)16-10-6-7-11-17(16)24-12-18(25)20(26)19(23-24)21(27)22-3/h5-13,26H,1-4H3,(H,23,28);4-13,25H,1-3H3,(H,22,27). The lowest BCUT2D eigenvalue weighted by atomic mass is 9.92. The zero-order valence-electron chi connectivity index (χ0n) is 32.2. The van der Waals surface area contributed by atoms with Crippen molar-refractivity contribution in [3.63, 3.8) is 0 Å². The number of aryl methyl sites for hydroxylation is 1. The summed E-state index contributed by atoms with van der Waals surface area (Å²) in [7, 11) is 2.80. The Kier molecular flexibility index (Phi) is 12.5. The number of ether oxygens (including phenoxy) is 1. The molecule has 2 amide bonds. The van der Waals surface area contributed by atoms with Gasteiger partial charge in [-0.2, -0.15) is 10.2 Å². The van der Waals surface area contributed by atoms with Crippen molar-refractivity contribution in [3.05, 3.63) is 146 Å². The van der Waals surface area contributed by atoms with Crippen LogP contribution in [0.3, 0.4) is 0 Å². The second-order valence-corrected chi connectivity index (χ2v) is 13.4. The van der Waals surface area contributed by atoms with Crippen molar-refractivity contribution in [2.75, 3.05) is 14.1 Å². The minimum Gasteiger partial charge on any atom is -0.503 e. The molecular formula is C43H44N6O7. The molecular weight excluding hydrogens is 713 g/mol. The first-order valence-electron chi connectivity index (χ1n) is 17.9. The van der Waals surface area contributed by atoms with Gasteiger partial charge in [0.15, 0.2) is 22.9 Å². The number of aromatic hydroxyl groups is 2. The molecule has 2 heterocycles. The van der Waals surface area contributed by atoms with Gasteiger partial charge in [-0.15, -0.1) is 0 Å². The van der Waals surface area contributed by atoms with E-state index in [1.54, 1.807) is 6.07 Å². The number of carbonyl (C=O) groups is 2. The van der Waals surface area contributed by atoms with E-state index >= 15 is 0 Å². The van der Waals surface area contributed by atoms with Crippen molar-refractivity contribution in [1.82, 2.24) is 30.2 Å². The van der Waals surface area contributed by atoms with Crippen molar-refractivity contribution in [3.8, 4) is 50.9 Å². The van der Waals surface area contributed by atoms with Crippen LogP contribution in [0.25, 0.3) is 33.6 Å². The van der Waals surface area contributed by atoms with Crippen LogP contribution in [-0.2, 0) is 0 Å². The van der Waals surface area contributed by atoms with Gasteiger partial charge in [-0.1, -0.05) is 86.1 Å². The number of hydrogen-bond donors (Lipinski definition) is 4. The number of hydrogen-bond acceptors (Lipinski definition) is 9. The van der Waals surface area contributed by atoms with Crippen molar-refractivity contribution < 1.29 is 24.5 Å². The third-order valence-corrected chi connectivity index (χ3v) is 8.65. The minimum atomic E-state index is -0.822. The van der Waals surface area contributed by atoms with E-state index in [1.165, 1.54) is 41.4 Å². The number of benzene rings is 4. The molecule has 0 spiro atoms. The molecule has 0 aliphatic heterocycles. The van der Waals surface area contributed by atoms with Crippen LogP contribution in [0.15, 0.2) is 113 Å². The highest BCUT2D eigenvalue weighted by Crippen LogP contribution is 2.36. The summed E-state index contributed by atoms with van der Waals surface area (Å²) in [5.41, 5.74) is 4.65. The number of carbonyl (C=O) groups excluding carboxylic acids is 2. The fraction of sp³-hybridized carbons (Fsp3) is 0.209. The Labute approximate surface area is 323 Å². The molecule has 13 nitrogen and oxygen atoms in total. The Morgan fingerprint density at radius 3 is 1.55 bits per heavy atom. The van der Waals surface area contributed by atoms with Crippen LogP contribution in [0, 0.1) is 6.92 Å². The van der Waals surface area contributed by atoms with Crippen LogP contribution >= 0.6 is 0 Å². The number of rotatable bonds is 9. The van der Waals surface area contributed by atoms with Crippen LogP contribution < -0.4 is 26.2 Å². The molecule has 6 rings (SSSR count). The van der Waals surface area contributed by atoms with Gasteiger partial charge >= 0.3 is 0 Å². The van der Waals surface area contributed by atoms with Gasteiger partial charge in [0.1, 0.15) is 5.75 Å². The van der Waals surface area contributed by atoms with E-state index in [9.17, 15) is 29.4 Å². The van der Waals surface area contributed by atoms with Crippen molar-refractivity contribution in [2.24, 2.45) is 0 Å². The van der Waals surface area contributed by atoms with E-state index in [0.717, 1.165) is 27.8 Å². The first-order valence-corrected chi connectivity index (χ1v) is 17.9. The van der Waals surface area contributed by atoms with Crippen molar-refractivity contribution >= 4 is 11.8 Å². The summed E-state index contributed by atoms with van der Waals surface area (Å²) in [6.45, 7) is 10.1. The second-order valence-electron chi connectivity index (χ2n) is 13.4. The highest BCUT2D eigenvalue weighted by atomic mass is 16.5. The normalized spacial score (nSPS) is 10.8. The van der Waals surface area contributed by atoms with Crippen molar-refractivity contribution in [2.45, 2.75) is 46.6 Å². The van der Waals surface area contributed by atoms with Gasteiger partial charge in [0.05, 0.1) is 29.9 Å². The predicted molar refractivity (Wildman–Crippen MR) is 215 cm³/mol. The summed E-state index contributed by atoms with van der Waals surface area (Å²) in [4.78, 5) is 48.2. The summed E-state index contributed by atoms with van der Waals surface area (Å²) >= 11 is 0. The van der Waals surface area contributed by atoms with Crippen LogP contribution in [0.4, 0.5) is 0 Å². The maximum atomic E-state index is 12.1. The molecule has 6 aromatic rings. The highest BCUT2D eigenvalue weighted by molar-refractivity contribution is 5.92. The first kappa shape index (κ1) is 40.2. The SMILES string of the molecule is CNC(=O)c1nn(-c2ccccc2-c2cc(C)ccc2OC(C)C)cc(O)c1=O.CNC(=O)c1nn(-c2ccccc2-c2ccccc2C(C)C)cc(O)c1=O. The zero-order chi connectivity index (χ0) is 40.7. The summed E-state index contributed by atoms with van der Waals surface area (Å²) < 4.78 is 8.67. The van der Waals surface area contributed by atoms with Crippen LogP contribution in [-0.4, -0.2) is 61.8 Å². The second kappa shape index (κ2) is 17.4. The fourth-order valence-electron chi connectivity index (χ4n) is 6.00. The number of nitrogens with zero attached hydrogens (tertiary/aromatic N) is 4. The minimum absolute atomic E-state index is 0.0157. The van der Waals surface area contributed by atoms with E-state index in [-0.39, 0.29) is 17.5 Å². The first-order chi connectivity index (χ1) is 26.7. The van der Waals surface area contributed by atoms with Crippen LogP contribution in [0.5, 0.6) is 17.2 Å². The molecule has 4 aromatic carbocycles.